The number of amides is 4. The molecular formula is C21H25BrN4O3. The lowest BCUT2D eigenvalue weighted by Gasteiger charge is -2.22. The molecule has 0 aliphatic heterocycles. The van der Waals surface area contributed by atoms with E-state index in [1.807, 2.05) is 44.2 Å². The first kappa shape index (κ1) is 22.4. The van der Waals surface area contributed by atoms with Crippen LogP contribution >= 0.6 is 15.9 Å². The van der Waals surface area contributed by atoms with E-state index in [0.717, 1.165) is 10.0 Å². The van der Waals surface area contributed by atoms with Crippen molar-refractivity contribution < 1.29 is 14.4 Å². The van der Waals surface area contributed by atoms with Crippen molar-refractivity contribution in [1.29, 1.82) is 0 Å². The molecule has 0 aliphatic rings. The highest BCUT2D eigenvalue weighted by atomic mass is 79.9. The van der Waals surface area contributed by atoms with Crippen LogP contribution in [0.15, 0.2) is 59.1 Å². The SMILES string of the molecule is CC(C)C(NC(=O)NCc1ccccc1)C(=O)NCC(=O)Nc1ccc(Br)cc1. The second-order valence-corrected chi connectivity index (χ2v) is 7.72. The van der Waals surface area contributed by atoms with Gasteiger partial charge in [0.15, 0.2) is 0 Å². The lowest BCUT2D eigenvalue weighted by Crippen LogP contribution is -2.53. The van der Waals surface area contributed by atoms with E-state index in [1.54, 1.807) is 24.3 Å². The van der Waals surface area contributed by atoms with Crippen molar-refractivity contribution in [3.63, 3.8) is 0 Å². The largest absolute Gasteiger partial charge is 0.345 e. The lowest BCUT2D eigenvalue weighted by atomic mass is 10.0. The Labute approximate surface area is 178 Å². The molecule has 29 heavy (non-hydrogen) atoms. The van der Waals surface area contributed by atoms with Crippen LogP contribution in [0.3, 0.4) is 0 Å². The van der Waals surface area contributed by atoms with Gasteiger partial charge >= 0.3 is 6.03 Å². The van der Waals surface area contributed by atoms with Crippen molar-refractivity contribution in [3.05, 3.63) is 64.6 Å². The van der Waals surface area contributed by atoms with Gasteiger partial charge in [-0.25, -0.2) is 4.79 Å². The van der Waals surface area contributed by atoms with Crippen molar-refractivity contribution in [2.75, 3.05) is 11.9 Å². The smallest absolute Gasteiger partial charge is 0.315 e. The lowest BCUT2D eigenvalue weighted by molar-refractivity contribution is -0.126. The number of rotatable bonds is 8. The fraction of sp³-hybridized carbons (Fsp3) is 0.286. The number of anilines is 1. The van der Waals surface area contributed by atoms with Crippen LogP contribution in [-0.4, -0.2) is 30.4 Å². The summed E-state index contributed by atoms with van der Waals surface area (Å²) in [6.45, 7) is 3.81. The molecule has 0 saturated carbocycles. The van der Waals surface area contributed by atoms with Gasteiger partial charge in [0, 0.05) is 16.7 Å². The van der Waals surface area contributed by atoms with Crippen molar-refractivity contribution >= 4 is 39.5 Å². The first-order valence-corrected chi connectivity index (χ1v) is 10.1. The number of nitrogens with one attached hydrogen (secondary N) is 4. The fourth-order valence-electron chi connectivity index (χ4n) is 2.52. The minimum absolute atomic E-state index is 0.146. The Kier molecular flexibility index (Phi) is 8.67. The maximum absolute atomic E-state index is 12.5. The molecule has 0 radical (unpaired) electrons. The van der Waals surface area contributed by atoms with Gasteiger partial charge in [0.1, 0.15) is 6.04 Å². The number of urea groups is 1. The van der Waals surface area contributed by atoms with Crippen LogP contribution in [0.4, 0.5) is 10.5 Å². The van der Waals surface area contributed by atoms with Gasteiger partial charge in [-0.15, -0.1) is 0 Å². The Bertz CT molecular complexity index is 826. The Hall–Kier alpha value is -2.87. The summed E-state index contributed by atoms with van der Waals surface area (Å²) >= 11 is 3.33. The van der Waals surface area contributed by atoms with Crippen LogP contribution in [-0.2, 0) is 16.1 Å². The molecule has 2 aromatic carbocycles. The van der Waals surface area contributed by atoms with Crippen LogP contribution in [0, 0.1) is 5.92 Å². The molecule has 154 valence electrons. The van der Waals surface area contributed by atoms with Crippen LogP contribution in [0.2, 0.25) is 0 Å². The zero-order valence-corrected chi connectivity index (χ0v) is 18.0. The number of halogens is 1. The van der Waals surface area contributed by atoms with Crippen LogP contribution in [0.5, 0.6) is 0 Å². The van der Waals surface area contributed by atoms with Crippen LogP contribution in [0.1, 0.15) is 19.4 Å². The number of hydrogen-bond acceptors (Lipinski definition) is 3. The predicted octanol–water partition coefficient (Wildman–Crippen LogP) is 3.03. The summed E-state index contributed by atoms with van der Waals surface area (Å²) in [5, 5.41) is 10.7. The van der Waals surface area contributed by atoms with Crippen molar-refractivity contribution in [2.45, 2.75) is 26.4 Å². The van der Waals surface area contributed by atoms with Crippen molar-refractivity contribution in [1.82, 2.24) is 16.0 Å². The van der Waals surface area contributed by atoms with Crippen LogP contribution < -0.4 is 21.3 Å². The Morgan fingerprint density at radius 3 is 2.21 bits per heavy atom. The molecular weight excluding hydrogens is 436 g/mol. The fourth-order valence-corrected chi connectivity index (χ4v) is 2.79. The molecule has 0 fully saturated rings. The minimum atomic E-state index is -0.758. The first-order valence-electron chi connectivity index (χ1n) is 9.26. The third-order valence-electron chi connectivity index (χ3n) is 4.08. The third-order valence-corrected chi connectivity index (χ3v) is 4.61. The maximum Gasteiger partial charge on any atom is 0.315 e. The molecule has 2 rings (SSSR count). The molecule has 7 nitrogen and oxygen atoms in total. The number of carbonyl (C=O) groups is 3. The van der Waals surface area contributed by atoms with Gasteiger partial charge in [0.05, 0.1) is 6.54 Å². The second-order valence-electron chi connectivity index (χ2n) is 6.81. The summed E-state index contributed by atoms with van der Waals surface area (Å²) in [7, 11) is 0. The molecule has 0 bridgehead atoms. The van der Waals surface area contributed by atoms with Gasteiger partial charge in [0.2, 0.25) is 11.8 Å². The Balaban J connectivity index is 1.80. The van der Waals surface area contributed by atoms with E-state index < -0.39 is 18.0 Å². The third kappa shape index (κ3) is 7.95. The normalized spacial score (nSPS) is 11.4. The molecule has 8 heteroatoms. The van der Waals surface area contributed by atoms with E-state index in [0.29, 0.717) is 12.2 Å². The van der Waals surface area contributed by atoms with Gasteiger partial charge in [-0.2, -0.15) is 0 Å². The van der Waals surface area contributed by atoms with Crippen molar-refractivity contribution in [3.8, 4) is 0 Å². The highest BCUT2D eigenvalue weighted by molar-refractivity contribution is 9.10. The second kappa shape index (κ2) is 11.2. The number of hydrogen-bond donors (Lipinski definition) is 4. The molecule has 4 N–H and O–H groups in total. The maximum atomic E-state index is 12.5. The summed E-state index contributed by atoms with van der Waals surface area (Å²) in [6, 6.07) is 15.4. The van der Waals surface area contributed by atoms with Crippen LogP contribution in [0.25, 0.3) is 0 Å². The summed E-state index contributed by atoms with van der Waals surface area (Å²) in [6.07, 6.45) is 0. The molecule has 4 amide bonds. The van der Waals surface area contributed by atoms with E-state index in [9.17, 15) is 14.4 Å². The van der Waals surface area contributed by atoms with Gasteiger partial charge in [-0.05, 0) is 35.7 Å². The van der Waals surface area contributed by atoms with E-state index in [4.69, 9.17) is 0 Å². The molecule has 1 atom stereocenters. The Morgan fingerprint density at radius 1 is 0.931 bits per heavy atom. The topological polar surface area (TPSA) is 99.3 Å². The number of carbonyl (C=O) groups excluding carboxylic acids is 3. The highest BCUT2D eigenvalue weighted by Crippen LogP contribution is 2.13. The average molecular weight is 461 g/mol. The average Bonchev–Trinajstić information content (AvgIpc) is 2.71. The monoisotopic (exact) mass is 460 g/mol. The van der Waals surface area contributed by atoms with E-state index in [-0.39, 0.29) is 18.4 Å². The summed E-state index contributed by atoms with van der Waals surface area (Å²) in [5.41, 5.74) is 1.59. The standard InChI is InChI=1S/C21H25BrN4O3/c1-14(2)19(26-21(29)24-12-15-6-4-3-5-7-15)20(28)23-13-18(27)25-17-10-8-16(22)9-11-17/h3-11,14,19H,12-13H2,1-2H3,(H,23,28)(H,25,27)(H2,24,26,29). The highest BCUT2D eigenvalue weighted by Gasteiger charge is 2.24. The van der Waals surface area contributed by atoms with E-state index in [1.165, 1.54) is 0 Å². The quantitative estimate of drug-likeness (QED) is 0.487. The number of benzene rings is 2. The van der Waals surface area contributed by atoms with Gasteiger partial charge < -0.3 is 21.3 Å². The molecule has 0 saturated heterocycles. The molecule has 0 aromatic heterocycles. The molecule has 0 spiro atoms. The van der Waals surface area contributed by atoms with Gasteiger partial charge in [0.25, 0.3) is 0 Å². The zero-order chi connectivity index (χ0) is 21.2. The minimum Gasteiger partial charge on any atom is -0.345 e. The summed E-state index contributed by atoms with van der Waals surface area (Å²) in [4.78, 5) is 36.7. The van der Waals surface area contributed by atoms with E-state index in [2.05, 4.69) is 37.2 Å². The zero-order valence-electron chi connectivity index (χ0n) is 16.4. The van der Waals surface area contributed by atoms with Gasteiger partial charge in [-0.3, -0.25) is 9.59 Å². The summed E-state index contributed by atoms with van der Waals surface area (Å²) < 4.78 is 0.903. The first-order chi connectivity index (χ1) is 13.8. The molecule has 2 aromatic rings. The molecule has 0 heterocycles. The molecule has 0 aliphatic carbocycles. The molecule has 1 unspecified atom stereocenters. The van der Waals surface area contributed by atoms with E-state index >= 15 is 0 Å². The Morgan fingerprint density at radius 2 is 1.59 bits per heavy atom. The summed E-state index contributed by atoms with van der Waals surface area (Å²) in [5.74, 6) is -0.912. The van der Waals surface area contributed by atoms with Crippen molar-refractivity contribution in [2.24, 2.45) is 5.92 Å². The van der Waals surface area contributed by atoms with Gasteiger partial charge in [-0.1, -0.05) is 60.1 Å². The predicted molar refractivity (Wildman–Crippen MR) is 116 cm³/mol.